The molecule has 0 saturated heterocycles. The number of amides is 1. The average molecular weight is 462 g/mol. The number of hydrogen-bond acceptors (Lipinski definition) is 8. The Morgan fingerprint density at radius 2 is 1.94 bits per heavy atom. The first-order valence-electron chi connectivity index (χ1n) is 11.4. The van der Waals surface area contributed by atoms with Crippen LogP contribution in [0, 0.1) is 0 Å². The lowest BCUT2D eigenvalue weighted by molar-refractivity contribution is 0.100. The number of hydrogen-bond donors (Lipinski definition) is 2. The fourth-order valence-corrected chi connectivity index (χ4v) is 3.32. The standard InChI is InChI=1S/C25H31N7O2/c1-3-13-32(14-4-2)23-17-24(34-15-11-20-9-5-6-12-27-20)30-22(29-23)18-28-31-21-10-7-8-19(16-21)25(26)33/h5-10,12,16-18,31H,3-4,11,13-15H2,1-2H3,(H2,26,33)/b28-18+. The van der Waals surface area contributed by atoms with Gasteiger partial charge in [0.15, 0.2) is 5.82 Å². The molecule has 2 heterocycles. The molecule has 0 atom stereocenters. The molecule has 3 aromatic rings. The third-order valence-corrected chi connectivity index (χ3v) is 4.87. The Labute approximate surface area is 200 Å². The van der Waals surface area contributed by atoms with Crippen LogP contribution in [0.2, 0.25) is 0 Å². The quantitative estimate of drug-likeness (QED) is 0.294. The van der Waals surface area contributed by atoms with Crippen LogP contribution in [-0.2, 0) is 6.42 Å². The molecule has 3 rings (SSSR count). The number of anilines is 2. The lowest BCUT2D eigenvalue weighted by Gasteiger charge is -2.23. The van der Waals surface area contributed by atoms with Crippen molar-refractivity contribution in [1.29, 1.82) is 0 Å². The van der Waals surface area contributed by atoms with Gasteiger partial charge in [0.25, 0.3) is 0 Å². The Morgan fingerprint density at radius 3 is 2.65 bits per heavy atom. The zero-order chi connectivity index (χ0) is 24.2. The van der Waals surface area contributed by atoms with Crippen LogP contribution < -0.4 is 20.8 Å². The number of carbonyl (C=O) groups is 1. The highest BCUT2D eigenvalue weighted by atomic mass is 16.5. The second kappa shape index (κ2) is 12.9. The molecular formula is C25H31N7O2. The molecule has 0 aliphatic carbocycles. The summed E-state index contributed by atoms with van der Waals surface area (Å²) in [6.07, 6.45) is 5.98. The largest absolute Gasteiger partial charge is 0.477 e. The Hall–Kier alpha value is -4.01. The maximum atomic E-state index is 11.4. The highest BCUT2D eigenvalue weighted by Crippen LogP contribution is 2.19. The predicted molar refractivity (Wildman–Crippen MR) is 134 cm³/mol. The van der Waals surface area contributed by atoms with Crippen LogP contribution in [0.3, 0.4) is 0 Å². The number of nitrogens with one attached hydrogen (secondary N) is 1. The summed E-state index contributed by atoms with van der Waals surface area (Å²) in [5, 5.41) is 4.24. The number of benzene rings is 1. The van der Waals surface area contributed by atoms with Crippen molar-refractivity contribution in [2.45, 2.75) is 33.1 Å². The van der Waals surface area contributed by atoms with Gasteiger partial charge in [-0.15, -0.1) is 0 Å². The van der Waals surface area contributed by atoms with E-state index in [-0.39, 0.29) is 0 Å². The van der Waals surface area contributed by atoms with Crippen molar-refractivity contribution in [3.8, 4) is 5.88 Å². The molecule has 0 unspecified atom stereocenters. The first kappa shape index (κ1) is 24.6. The molecule has 9 nitrogen and oxygen atoms in total. The lowest BCUT2D eigenvalue weighted by Crippen LogP contribution is -2.26. The fraction of sp³-hybridized carbons (Fsp3) is 0.320. The van der Waals surface area contributed by atoms with Crippen LogP contribution in [0.1, 0.15) is 48.6 Å². The molecule has 34 heavy (non-hydrogen) atoms. The summed E-state index contributed by atoms with van der Waals surface area (Å²) in [6.45, 7) is 6.49. The maximum Gasteiger partial charge on any atom is 0.248 e. The Kier molecular flexibility index (Phi) is 9.33. The highest BCUT2D eigenvalue weighted by molar-refractivity contribution is 5.93. The van der Waals surface area contributed by atoms with Gasteiger partial charge in [0.1, 0.15) is 5.82 Å². The van der Waals surface area contributed by atoms with E-state index >= 15 is 0 Å². The molecule has 0 saturated carbocycles. The molecule has 0 bridgehead atoms. The Balaban J connectivity index is 1.77. The lowest BCUT2D eigenvalue weighted by atomic mass is 10.2. The molecule has 2 aromatic heterocycles. The third-order valence-electron chi connectivity index (χ3n) is 4.87. The molecule has 0 radical (unpaired) electrons. The number of carbonyl (C=O) groups excluding carboxylic acids is 1. The van der Waals surface area contributed by atoms with Gasteiger partial charge < -0.3 is 15.4 Å². The van der Waals surface area contributed by atoms with Gasteiger partial charge in [-0.05, 0) is 43.2 Å². The summed E-state index contributed by atoms with van der Waals surface area (Å²) in [4.78, 5) is 27.1. The van der Waals surface area contributed by atoms with E-state index in [4.69, 9.17) is 10.5 Å². The van der Waals surface area contributed by atoms with E-state index in [1.165, 1.54) is 6.21 Å². The number of nitrogens with zero attached hydrogens (tertiary/aromatic N) is 5. The zero-order valence-electron chi connectivity index (χ0n) is 19.6. The van der Waals surface area contributed by atoms with Crippen LogP contribution in [-0.4, -0.2) is 46.8 Å². The van der Waals surface area contributed by atoms with E-state index in [1.807, 2.05) is 24.3 Å². The van der Waals surface area contributed by atoms with Crippen molar-refractivity contribution < 1.29 is 9.53 Å². The minimum Gasteiger partial charge on any atom is -0.477 e. The number of pyridine rings is 1. The number of hydrazone groups is 1. The minimum absolute atomic E-state index is 0.400. The summed E-state index contributed by atoms with van der Waals surface area (Å²) in [5.41, 5.74) is 10.2. The van der Waals surface area contributed by atoms with E-state index < -0.39 is 5.91 Å². The second-order valence-corrected chi connectivity index (χ2v) is 7.64. The summed E-state index contributed by atoms with van der Waals surface area (Å²) < 4.78 is 5.95. The summed E-state index contributed by atoms with van der Waals surface area (Å²) in [5.74, 6) is 1.20. The molecule has 178 valence electrons. The van der Waals surface area contributed by atoms with Crippen molar-refractivity contribution >= 4 is 23.6 Å². The van der Waals surface area contributed by atoms with Gasteiger partial charge in [-0.1, -0.05) is 26.0 Å². The Morgan fingerprint density at radius 1 is 1.12 bits per heavy atom. The first-order chi connectivity index (χ1) is 16.6. The molecule has 1 aromatic carbocycles. The molecule has 3 N–H and O–H groups in total. The van der Waals surface area contributed by atoms with Gasteiger partial charge in [0, 0.05) is 43.0 Å². The molecule has 0 spiro atoms. The molecule has 0 fully saturated rings. The predicted octanol–water partition coefficient (Wildman–Crippen LogP) is 3.66. The van der Waals surface area contributed by atoms with E-state index in [2.05, 4.69) is 44.2 Å². The number of rotatable bonds is 13. The second-order valence-electron chi connectivity index (χ2n) is 7.64. The van der Waals surface area contributed by atoms with E-state index in [1.54, 1.807) is 30.5 Å². The normalized spacial score (nSPS) is 10.9. The van der Waals surface area contributed by atoms with Crippen LogP contribution in [0.5, 0.6) is 5.88 Å². The SMILES string of the molecule is CCCN(CCC)c1cc(OCCc2ccccn2)nc(/C=N/Nc2cccc(C(N)=O)c2)n1. The van der Waals surface area contributed by atoms with Crippen molar-refractivity contribution in [3.05, 3.63) is 71.8 Å². The monoisotopic (exact) mass is 461 g/mol. The smallest absolute Gasteiger partial charge is 0.248 e. The number of nitrogens with two attached hydrogens (primary N) is 1. The van der Waals surface area contributed by atoms with E-state index in [9.17, 15) is 4.79 Å². The van der Waals surface area contributed by atoms with Gasteiger partial charge >= 0.3 is 0 Å². The average Bonchev–Trinajstić information content (AvgIpc) is 2.85. The molecule has 9 heteroatoms. The van der Waals surface area contributed by atoms with Gasteiger partial charge in [-0.25, -0.2) is 4.98 Å². The van der Waals surface area contributed by atoms with Crippen LogP contribution >= 0.6 is 0 Å². The molecule has 1 amide bonds. The van der Waals surface area contributed by atoms with Crippen molar-refractivity contribution in [2.24, 2.45) is 10.8 Å². The topological polar surface area (TPSA) is 119 Å². The Bertz CT molecular complexity index is 1080. The molecule has 0 aliphatic rings. The van der Waals surface area contributed by atoms with E-state index in [0.717, 1.165) is 37.4 Å². The van der Waals surface area contributed by atoms with E-state index in [0.29, 0.717) is 36.0 Å². The van der Waals surface area contributed by atoms with Gasteiger partial charge in [-0.2, -0.15) is 10.1 Å². The molecule has 0 aliphatic heterocycles. The number of ether oxygens (including phenoxy) is 1. The zero-order valence-corrected chi connectivity index (χ0v) is 19.6. The minimum atomic E-state index is -0.497. The molecular weight excluding hydrogens is 430 g/mol. The van der Waals surface area contributed by atoms with Crippen LogP contribution in [0.15, 0.2) is 59.8 Å². The first-order valence-corrected chi connectivity index (χ1v) is 11.4. The number of aromatic nitrogens is 3. The third kappa shape index (κ3) is 7.54. The van der Waals surface area contributed by atoms with Gasteiger partial charge in [-0.3, -0.25) is 15.2 Å². The highest BCUT2D eigenvalue weighted by Gasteiger charge is 2.11. The summed E-state index contributed by atoms with van der Waals surface area (Å²) >= 11 is 0. The van der Waals surface area contributed by atoms with Crippen molar-refractivity contribution in [3.63, 3.8) is 0 Å². The maximum absolute atomic E-state index is 11.4. The van der Waals surface area contributed by atoms with Crippen LogP contribution in [0.4, 0.5) is 11.5 Å². The van der Waals surface area contributed by atoms with Gasteiger partial charge in [0.05, 0.1) is 18.5 Å². The summed E-state index contributed by atoms with van der Waals surface area (Å²) in [6, 6.07) is 14.5. The summed E-state index contributed by atoms with van der Waals surface area (Å²) in [7, 11) is 0. The van der Waals surface area contributed by atoms with Gasteiger partial charge in [0.2, 0.25) is 11.8 Å². The van der Waals surface area contributed by atoms with Crippen LogP contribution in [0.25, 0.3) is 0 Å². The van der Waals surface area contributed by atoms with Crippen molar-refractivity contribution in [2.75, 3.05) is 30.0 Å². The number of primary amides is 1. The van der Waals surface area contributed by atoms with Crippen molar-refractivity contribution in [1.82, 2.24) is 15.0 Å². The fourth-order valence-electron chi connectivity index (χ4n) is 3.32.